The largest absolute Gasteiger partial charge is 0.456 e. The Morgan fingerprint density at radius 2 is 2.22 bits per heavy atom. The summed E-state index contributed by atoms with van der Waals surface area (Å²) < 4.78 is 31.0. The van der Waals surface area contributed by atoms with E-state index in [4.69, 9.17) is 10.5 Å². The highest BCUT2D eigenvalue weighted by Gasteiger charge is 2.51. The Balaban J connectivity index is 1.97. The molecule has 6 heteroatoms. The van der Waals surface area contributed by atoms with Crippen molar-refractivity contribution in [3.8, 4) is 0 Å². The van der Waals surface area contributed by atoms with Gasteiger partial charge in [-0.05, 0) is 19.8 Å². The van der Waals surface area contributed by atoms with Gasteiger partial charge in [-0.15, -0.1) is 0 Å². The van der Waals surface area contributed by atoms with E-state index in [9.17, 15) is 13.6 Å². The first kappa shape index (κ1) is 13.7. The van der Waals surface area contributed by atoms with Crippen molar-refractivity contribution in [3.63, 3.8) is 0 Å². The van der Waals surface area contributed by atoms with Crippen molar-refractivity contribution < 1.29 is 18.3 Å². The fourth-order valence-corrected chi connectivity index (χ4v) is 2.91. The Hall–Kier alpha value is -0.750. The molecule has 0 radical (unpaired) electrons. The third-order valence-electron chi connectivity index (χ3n) is 3.94. The summed E-state index contributed by atoms with van der Waals surface area (Å²) in [6.45, 7) is 2.95. The van der Waals surface area contributed by atoms with Crippen molar-refractivity contribution in [2.45, 2.75) is 56.7 Å². The van der Waals surface area contributed by atoms with Gasteiger partial charge >= 0.3 is 11.9 Å². The maximum Gasteiger partial charge on any atom is 0.377 e. The van der Waals surface area contributed by atoms with Gasteiger partial charge in [0.15, 0.2) is 0 Å². The second-order valence-electron chi connectivity index (χ2n) is 5.30. The Labute approximate surface area is 105 Å². The van der Waals surface area contributed by atoms with Gasteiger partial charge in [-0.3, -0.25) is 4.90 Å². The minimum atomic E-state index is -3.32. The summed E-state index contributed by atoms with van der Waals surface area (Å²) >= 11 is 0. The van der Waals surface area contributed by atoms with Crippen molar-refractivity contribution >= 4 is 5.97 Å². The van der Waals surface area contributed by atoms with Crippen molar-refractivity contribution in [2.24, 2.45) is 5.73 Å². The molecule has 3 unspecified atom stereocenters. The van der Waals surface area contributed by atoms with Gasteiger partial charge in [0, 0.05) is 25.2 Å². The van der Waals surface area contributed by atoms with Crippen LogP contribution in [0.2, 0.25) is 0 Å². The Morgan fingerprint density at radius 3 is 2.78 bits per heavy atom. The lowest BCUT2D eigenvalue weighted by atomic mass is 9.95. The van der Waals surface area contributed by atoms with Gasteiger partial charge < -0.3 is 10.5 Å². The number of carbonyl (C=O) groups excluding carboxylic acids is 1. The summed E-state index contributed by atoms with van der Waals surface area (Å²) in [5, 5.41) is 0. The third kappa shape index (κ3) is 2.64. The molecule has 0 amide bonds. The molecular formula is C12H20F2N2O2. The maximum absolute atomic E-state index is 13.1. The fourth-order valence-electron chi connectivity index (χ4n) is 2.91. The van der Waals surface area contributed by atoms with Crippen LogP contribution in [0.25, 0.3) is 0 Å². The zero-order chi connectivity index (χ0) is 13.3. The third-order valence-corrected chi connectivity index (χ3v) is 3.94. The van der Waals surface area contributed by atoms with E-state index in [1.54, 1.807) is 0 Å². The summed E-state index contributed by atoms with van der Waals surface area (Å²) in [5.74, 6) is -4.71. The molecule has 0 saturated carbocycles. The fraction of sp³-hybridized carbons (Fsp3) is 0.917. The molecule has 2 heterocycles. The van der Waals surface area contributed by atoms with Gasteiger partial charge in [0.05, 0.1) is 6.42 Å². The molecule has 0 aliphatic carbocycles. The van der Waals surface area contributed by atoms with E-state index in [1.807, 2.05) is 0 Å². The number of carbonyl (C=O) groups is 1. The minimum Gasteiger partial charge on any atom is -0.456 e. The SMILES string of the molecule is CC1CCCC(CN)N1CC1CC(F)(F)C(=O)O1. The van der Waals surface area contributed by atoms with Crippen LogP contribution in [-0.2, 0) is 9.53 Å². The average molecular weight is 262 g/mol. The number of alkyl halides is 2. The number of halogens is 2. The molecule has 0 aromatic carbocycles. The number of esters is 1. The highest BCUT2D eigenvalue weighted by atomic mass is 19.3. The zero-order valence-electron chi connectivity index (χ0n) is 10.6. The quantitative estimate of drug-likeness (QED) is 0.775. The van der Waals surface area contributed by atoms with E-state index < -0.39 is 24.4 Å². The molecule has 2 rings (SSSR count). The van der Waals surface area contributed by atoms with Gasteiger partial charge in [-0.2, -0.15) is 8.78 Å². The predicted molar refractivity (Wildman–Crippen MR) is 62.3 cm³/mol. The molecule has 2 N–H and O–H groups in total. The highest BCUT2D eigenvalue weighted by Crippen LogP contribution is 2.33. The number of piperidine rings is 1. The van der Waals surface area contributed by atoms with Crippen LogP contribution in [0.5, 0.6) is 0 Å². The molecule has 2 aliphatic rings. The van der Waals surface area contributed by atoms with Crippen LogP contribution < -0.4 is 5.73 Å². The van der Waals surface area contributed by atoms with Crippen molar-refractivity contribution in [1.82, 2.24) is 4.90 Å². The molecule has 0 aromatic heterocycles. The molecule has 0 spiro atoms. The molecule has 0 bridgehead atoms. The smallest absolute Gasteiger partial charge is 0.377 e. The summed E-state index contributed by atoms with van der Waals surface area (Å²) in [4.78, 5) is 13.1. The minimum absolute atomic E-state index is 0.210. The summed E-state index contributed by atoms with van der Waals surface area (Å²) in [6.07, 6.45) is 1.92. The Morgan fingerprint density at radius 1 is 1.50 bits per heavy atom. The summed E-state index contributed by atoms with van der Waals surface area (Å²) in [5.41, 5.74) is 5.71. The van der Waals surface area contributed by atoms with E-state index in [-0.39, 0.29) is 6.04 Å². The predicted octanol–water partition coefficient (Wildman–Crippen LogP) is 1.14. The van der Waals surface area contributed by atoms with Crippen LogP contribution in [0.4, 0.5) is 8.78 Å². The maximum atomic E-state index is 13.1. The van der Waals surface area contributed by atoms with Crippen molar-refractivity contribution in [1.29, 1.82) is 0 Å². The first-order valence-electron chi connectivity index (χ1n) is 6.48. The molecule has 2 aliphatic heterocycles. The van der Waals surface area contributed by atoms with Crippen LogP contribution >= 0.6 is 0 Å². The molecular weight excluding hydrogens is 242 g/mol. The lowest BCUT2D eigenvalue weighted by Gasteiger charge is -2.41. The second kappa shape index (κ2) is 5.09. The standard InChI is InChI=1S/C12H20F2N2O2/c1-8-3-2-4-9(6-15)16(8)7-10-5-12(13,14)11(17)18-10/h8-10H,2-7,15H2,1H3. The van der Waals surface area contributed by atoms with Crippen LogP contribution in [-0.4, -0.2) is 48.1 Å². The van der Waals surface area contributed by atoms with Gasteiger partial charge in [-0.25, -0.2) is 4.79 Å². The van der Waals surface area contributed by atoms with E-state index in [1.165, 1.54) is 0 Å². The number of nitrogens with two attached hydrogens (primary N) is 1. The molecule has 4 nitrogen and oxygen atoms in total. The van der Waals surface area contributed by atoms with Crippen LogP contribution in [0.3, 0.4) is 0 Å². The van der Waals surface area contributed by atoms with Gasteiger partial charge in [0.2, 0.25) is 0 Å². The normalized spacial score (nSPS) is 36.7. The van der Waals surface area contributed by atoms with Crippen LogP contribution in [0.15, 0.2) is 0 Å². The highest BCUT2D eigenvalue weighted by molar-refractivity contribution is 5.79. The van der Waals surface area contributed by atoms with E-state index in [0.717, 1.165) is 19.3 Å². The molecule has 2 fully saturated rings. The van der Waals surface area contributed by atoms with Crippen LogP contribution in [0.1, 0.15) is 32.6 Å². The van der Waals surface area contributed by atoms with E-state index >= 15 is 0 Å². The molecule has 18 heavy (non-hydrogen) atoms. The first-order valence-corrected chi connectivity index (χ1v) is 6.48. The monoisotopic (exact) mass is 262 g/mol. The van der Waals surface area contributed by atoms with E-state index in [2.05, 4.69) is 11.8 Å². The number of hydrogen-bond donors (Lipinski definition) is 1. The lowest BCUT2D eigenvalue weighted by Crippen LogP contribution is -2.51. The average Bonchev–Trinajstić information content (AvgIpc) is 2.55. The number of rotatable bonds is 3. The number of cyclic esters (lactones) is 1. The molecule has 3 atom stereocenters. The molecule has 2 saturated heterocycles. The van der Waals surface area contributed by atoms with Crippen LogP contribution in [0, 0.1) is 0 Å². The number of likely N-dealkylation sites (tertiary alicyclic amines) is 1. The second-order valence-corrected chi connectivity index (χ2v) is 5.30. The molecule has 104 valence electrons. The Kier molecular flexibility index (Phi) is 3.87. The van der Waals surface area contributed by atoms with Gasteiger partial charge in [-0.1, -0.05) is 6.42 Å². The number of ether oxygens (including phenoxy) is 1. The Bertz CT molecular complexity index is 325. The van der Waals surface area contributed by atoms with Gasteiger partial charge in [0.1, 0.15) is 6.10 Å². The van der Waals surface area contributed by atoms with Gasteiger partial charge in [0.25, 0.3) is 0 Å². The zero-order valence-corrected chi connectivity index (χ0v) is 10.6. The topological polar surface area (TPSA) is 55.6 Å². The number of hydrogen-bond acceptors (Lipinski definition) is 4. The van der Waals surface area contributed by atoms with Crippen molar-refractivity contribution in [3.05, 3.63) is 0 Å². The number of nitrogens with zero attached hydrogens (tertiary/aromatic N) is 1. The molecule has 0 aromatic rings. The lowest BCUT2D eigenvalue weighted by molar-refractivity contribution is -0.159. The summed E-state index contributed by atoms with van der Waals surface area (Å²) in [6, 6.07) is 0.516. The van der Waals surface area contributed by atoms with Crippen molar-refractivity contribution in [2.75, 3.05) is 13.1 Å². The summed E-state index contributed by atoms with van der Waals surface area (Å²) in [7, 11) is 0. The van der Waals surface area contributed by atoms with E-state index in [0.29, 0.717) is 19.1 Å². The first-order chi connectivity index (χ1) is 8.44.